The summed E-state index contributed by atoms with van der Waals surface area (Å²) in [5, 5.41) is 4.08. The van der Waals surface area contributed by atoms with E-state index < -0.39 is 0 Å². The molecule has 1 heterocycles. The maximum atomic E-state index is 11.2. The number of amides is 1. The van der Waals surface area contributed by atoms with Gasteiger partial charge >= 0.3 is 0 Å². The van der Waals surface area contributed by atoms with Crippen LogP contribution in [0.25, 0.3) is 0 Å². The number of isocyanates is 1. The van der Waals surface area contributed by atoms with E-state index in [2.05, 4.69) is 14.9 Å². The molecule has 0 fully saturated rings. The van der Waals surface area contributed by atoms with Crippen molar-refractivity contribution < 1.29 is 9.59 Å². The van der Waals surface area contributed by atoms with Crippen molar-refractivity contribution in [2.24, 2.45) is 15.4 Å². The highest BCUT2D eigenvalue weighted by atomic mass is 32.2. The molecule has 0 bridgehead atoms. The van der Waals surface area contributed by atoms with Gasteiger partial charge in [-0.05, 0) is 17.7 Å². The van der Waals surface area contributed by atoms with Crippen LogP contribution < -0.4 is 5.43 Å². The number of hydrazone groups is 1. The molecule has 1 N–H and O–H groups in total. The summed E-state index contributed by atoms with van der Waals surface area (Å²) in [5.41, 5.74) is 4.31. The fourth-order valence-electron chi connectivity index (χ4n) is 1.76. The van der Waals surface area contributed by atoms with Crippen LogP contribution in [-0.2, 0) is 9.59 Å². The number of benzene rings is 1. The molecule has 1 aliphatic heterocycles. The minimum absolute atomic E-state index is 0.0567. The van der Waals surface area contributed by atoms with Crippen molar-refractivity contribution >= 4 is 29.6 Å². The molecule has 1 atom stereocenters. The molecule has 18 heavy (non-hydrogen) atoms. The summed E-state index contributed by atoms with van der Waals surface area (Å²) in [7, 11) is 0. The number of hydrogen-bond donors (Lipinski definition) is 1. The van der Waals surface area contributed by atoms with Gasteiger partial charge in [0.05, 0.1) is 5.71 Å². The van der Waals surface area contributed by atoms with Gasteiger partial charge in [-0.1, -0.05) is 19.1 Å². The minimum Gasteiger partial charge on any atom is -0.273 e. The summed E-state index contributed by atoms with van der Waals surface area (Å²) in [6.07, 6.45) is 1.92. The fraction of sp³-hybridized carbons (Fsp3) is 0.250. The molecule has 5 nitrogen and oxygen atoms in total. The lowest BCUT2D eigenvalue weighted by molar-refractivity contribution is -0.121. The Balaban J connectivity index is 2.19. The van der Waals surface area contributed by atoms with Gasteiger partial charge in [0.25, 0.3) is 0 Å². The summed E-state index contributed by atoms with van der Waals surface area (Å²) < 4.78 is 3.43. The number of carbonyl (C=O) groups excluding carboxylic acids is 2. The van der Waals surface area contributed by atoms with Gasteiger partial charge in [0, 0.05) is 29.2 Å². The molecule has 1 amide bonds. The molecule has 6 heteroatoms. The zero-order valence-corrected chi connectivity index (χ0v) is 10.5. The second kappa shape index (κ2) is 5.62. The Labute approximate surface area is 109 Å². The van der Waals surface area contributed by atoms with Gasteiger partial charge < -0.3 is 0 Å². The van der Waals surface area contributed by atoms with E-state index in [-0.39, 0.29) is 11.8 Å². The van der Waals surface area contributed by atoms with Crippen LogP contribution in [0, 0.1) is 5.92 Å². The zero-order valence-electron chi connectivity index (χ0n) is 9.71. The maximum Gasteiger partial charge on any atom is 0.247 e. The third-order valence-electron chi connectivity index (χ3n) is 2.60. The van der Waals surface area contributed by atoms with Crippen LogP contribution in [-0.4, -0.2) is 17.7 Å². The summed E-state index contributed by atoms with van der Waals surface area (Å²) >= 11 is 1.07. The van der Waals surface area contributed by atoms with Crippen molar-refractivity contribution in [3.05, 3.63) is 29.8 Å². The van der Waals surface area contributed by atoms with E-state index in [1.807, 2.05) is 31.2 Å². The largest absolute Gasteiger partial charge is 0.273 e. The maximum absolute atomic E-state index is 11.2. The molecule has 0 aromatic heterocycles. The molecule has 1 aliphatic rings. The lowest BCUT2D eigenvalue weighted by Crippen LogP contribution is -2.31. The van der Waals surface area contributed by atoms with E-state index in [9.17, 15) is 9.59 Å². The van der Waals surface area contributed by atoms with Gasteiger partial charge in [-0.3, -0.25) is 4.79 Å². The van der Waals surface area contributed by atoms with Gasteiger partial charge in [-0.15, -0.1) is 4.40 Å². The summed E-state index contributed by atoms with van der Waals surface area (Å²) in [6.45, 7) is 1.97. The van der Waals surface area contributed by atoms with Crippen molar-refractivity contribution in [1.29, 1.82) is 0 Å². The Morgan fingerprint density at radius 1 is 1.44 bits per heavy atom. The first-order valence-corrected chi connectivity index (χ1v) is 6.19. The average Bonchev–Trinajstić information content (AvgIpc) is 2.37. The van der Waals surface area contributed by atoms with E-state index >= 15 is 0 Å². The van der Waals surface area contributed by atoms with Crippen LogP contribution in [0.4, 0.5) is 0 Å². The predicted molar refractivity (Wildman–Crippen MR) is 68.9 cm³/mol. The summed E-state index contributed by atoms with van der Waals surface area (Å²) in [5.74, 6) is 0.0454. The van der Waals surface area contributed by atoms with Crippen molar-refractivity contribution in [3.8, 4) is 0 Å². The Hall–Kier alpha value is -1.91. The number of rotatable bonds is 3. The number of nitrogens with zero attached hydrogens (tertiary/aromatic N) is 2. The SMILES string of the molecule is CC1CC(=O)NN=C1c1ccc(SN=C=O)cc1. The number of hydrogen-bond acceptors (Lipinski definition) is 5. The quantitative estimate of drug-likeness (QED) is 0.513. The molecular formula is C12H11N3O2S. The smallest absolute Gasteiger partial charge is 0.247 e. The van der Waals surface area contributed by atoms with Gasteiger partial charge in [0.1, 0.15) is 0 Å². The number of carbonyl (C=O) groups is 1. The first kappa shape index (κ1) is 12.5. The van der Waals surface area contributed by atoms with Crippen molar-refractivity contribution in [2.75, 3.05) is 0 Å². The normalized spacial score (nSPS) is 18.6. The Bertz CT molecular complexity index is 533. The van der Waals surface area contributed by atoms with Gasteiger partial charge in [0.15, 0.2) is 0 Å². The molecule has 2 rings (SSSR count). The highest BCUT2D eigenvalue weighted by Crippen LogP contribution is 2.21. The highest BCUT2D eigenvalue weighted by Gasteiger charge is 2.21. The molecular weight excluding hydrogens is 250 g/mol. The first-order valence-electron chi connectivity index (χ1n) is 5.41. The van der Waals surface area contributed by atoms with E-state index in [4.69, 9.17) is 0 Å². The third-order valence-corrected chi connectivity index (χ3v) is 3.25. The molecule has 0 radical (unpaired) electrons. The monoisotopic (exact) mass is 261 g/mol. The van der Waals surface area contributed by atoms with Crippen LogP contribution in [0.3, 0.4) is 0 Å². The Morgan fingerprint density at radius 3 is 2.78 bits per heavy atom. The van der Waals surface area contributed by atoms with Gasteiger partial charge in [-0.25, -0.2) is 10.2 Å². The summed E-state index contributed by atoms with van der Waals surface area (Å²) in [6, 6.07) is 7.50. The number of nitrogens with one attached hydrogen (secondary N) is 1. The lowest BCUT2D eigenvalue weighted by atomic mass is 9.94. The Morgan fingerprint density at radius 2 is 2.17 bits per heavy atom. The van der Waals surface area contributed by atoms with Crippen LogP contribution >= 0.6 is 11.9 Å². The topological polar surface area (TPSA) is 70.9 Å². The zero-order chi connectivity index (χ0) is 13.0. The van der Waals surface area contributed by atoms with Gasteiger partial charge in [0.2, 0.25) is 12.0 Å². The minimum atomic E-state index is -0.0567. The van der Waals surface area contributed by atoms with Crippen LogP contribution in [0.2, 0.25) is 0 Å². The van der Waals surface area contributed by atoms with Gasteiger partial charge in [-0.2, -0.15) is 5.10 Å². The molecule has 0 spiro atoms. The van der Waals surface area contributed by atoms with E-state index in [1.54, 1.807) is 0 Å². The predicted octanol–water partition coefficient (Wildman–Crippen LogP) is 1.89. The molecule has 0 saturated carbocycles. The lowest BCUT2D eigenvalue weighted by Gasteiger charge is -2.19. The van der Waals surface area contributed by atoms with E-state index in [0.717, 1.165) is 28.1 Å². The first-order chi connectivity index (χ1) is 8.70. The van der Waals surface area contributed by atoms with Crippen LogP contribution in [0.5, 0.6) is 0 Å². The van der Waals surface area contributed by atoms with Crippen LogP contribution in [0.15, 0.2) is 38.7 Å². The van der Waals surface area contributed by atoms with Crippen molar-refractivity contribution in [3.63, 3.8) is 0 Å². The fourth-order valence-corrected chi connectivity index (χ4v) is 2.16. The standard InChI is InChI=1S/C12H11N3O2S/c1-8-6-11(17)14-15-12(8)9-2-4-10(5-3-9)18-13-7-16/h2-5,8H,6H2,1H3,(H,14,17). The van der Waals surface area contributed by atoms with E-state index in [1.165, 1.54) is 6.08 Å². The molecule has 1 aromatic carbocycles. The molecule has 1 unspecified atom stereocenters. The second-order valence-corrected chi connectivity index (χ2v) is 4.77. The van der Waals surface area contributed by atoms with Crippen molar-refractivity contribution in [2.45, 2.75) is 18.2 Å². The molecule has 0 aliphatic carbocycles. The summed E-state index contributed by atoms with van der Waals surface area (Å²) in [4.78, 5) is 22.0. The molecule has 0 saturated heterocycles. The average molecular weight is 261 g/mol. The molecule has 92 valence electrons. The third kappa shape index (κ3) is 2.85. The molecule has 1 aromatic rings. The Kier molecular flexibility index (Phi) is 3.92. The van der Waals surface area contributed by atoms with E-state index in [0.29, 0.717) is 6.42 Å². The second-order valence-electron chi connectivity index (χ2n) is 3.94. The highest BCUT2D eigenvalue weighted by molar-refractivity contribution is 7.98. The van der Waals surface area contributed by atoms with Crippen molar-refractivity contribution in [1.82, 2.24) is 5.43 Å². The van der Waals surface area contributed by atoms with Crippen LogP contribution in [0.1, 0.15) is 18.9 Å².